The Labute approximate surface area is 148 Å². The van der Waals surface area contributed by atoms with Gasteiger partial charge in [0, 0.05) is 23.8 Å². The zero-order valence-electron chi connectivity index (χ0n) is 15.4. The molecule has 1 aromatic carbocycles. The first-order chi connectivity index (χ1) is 11.7. The Hall–Kier alpha value is -2.57. The SMILES string of the molecule is CC(C)NC(=O)Nc1cccc(C(=O)NC[C@H](C)C(=O)OC(C)C)c1. The quantitative estimate of drug-likeness (QED) is 0.659. The molecule has 3 amide bonds. The molecule has 0 heterocycles. The predicted molar refractivity (Wildman–Crippen MR) is 96.5 cm³/mol. The molecule has 0 radical (unpaired) electrons. The average molecular weight is 349 g/mol. The second-order valence-electron chi connectivity index (χ2n) is 6.43. The van der Waals surface area contributed by atoms with Crippen molar-refractivity contribution < 1.29 is 19.1 Å². The zero-order chi connectivity index (χ0) is 19.0. The molecule has 1 atom stereocenters. The highest BCUT2D eigenvalue weighted by molar-refractivity contribution is 5.97. The van der Waals surface area contributed by atoms with Gasteiger partial charge in [-0.3, -0.25) is 9.59 Å². The molecule has 25 heavy (non-hydrogen) atoms. The highest BCUT2D eigenvalue weighted by atomic mass is 16.5. The van der Waals surface area contributed by atoms with Gasteiger partial charge < -0.3 is 20.7 Å². The van der Waals surface area contributed by atoms with E-state index in [1.54, 1.807) is 45.0 Å². The summed E-state index contributed by atoms with van der Waals surface area (Å²) in [5.41, 5.74) is 0.907. The van der Waals surface area contributed by atoms with E-state index in [0.29, 0.717) is 11.3 Å². The standard InChI is InChI=1S/C18H27N3O4/c1-11(2)20-18(24)21-15-8-6-7-14(9-15)16(22)19-10-13(5)17(23)25-12(3)4/h6-9,11-13H,10H2,1-5H3,(H,19,22)(H2,20,21,24)/t13-/m0/s1. The Morgan fingerprint density at radius 3 is 2.36 bits per heavy atom. The Morgan fingerprint density at radius 1 is 1.08 bits per heavy atom. The number of anilines is 1. The number of nitrogens with one attached hydrogen (secondary N) is 3. The number of carbonyl (C=O) groups is 3. The molecule has 0 aliphatic heterocycles. The molecule has 1 rings (SSSR count). The average Bonchev–Trinajstić information content (AvgIpc) is 2.50. The normalized spacial score (nSPS) is 11.8. The molecule has 0 bridgehead atoms. The largest absolute Gasteiger partial charge is 0.463 e. The van der Waals surface area contributed by atoms with Gasteiger partial charge in [-0.2, -0.15) is 0 Å². The summed E-state index contributed by atoms with van der Waals surface area (Å²) in [5.74, 6) is -1.11. The van der Waals surface area contributed by atoms with Crippen LogP contribution in [0.5, 0.6) is 0 Å². The number of esters is 1. The first-order valence-corrected chi connectivity index (χ1v) is 8.35. The van der Waals surface area contributed by atoms with E-state index < -0.39 is 5.92 Å². The third-order valence-electron chi connectivity index (χ3n) is 3.13. The van der Waals surface area contributed by atoms with Crippen molar-refractivity contribution in [2.45, 2.75) is 46.8 Å². The van der Waals surface area contributed by atoms with Gasteiger partial charge in [0.05, 0.1) is 12.0 Å². The summed E-state index contributed by atoms with van der Waals surface area (Å²) >= 11 is 0. The van der Waals surface area contributed by atoms with Gasteiger partial charge in [0.15, 0.2) is 0 Å². The summed E-state index contributed by atoms with van der Waals surface area (Å²) in [6.45, 7) is 9.13. The lowest BCUT2D eigenvalue weighted by Crippen LogP contribution is -2.34. The molecule has 7 heteroatoms. The second kappa shape index (κ2) is 9.66. The van der Waals surface area contributed by atoms with Crippen molar-refractivity contribution in [2.24, 2.45) is 5.92 Å². The number of ether oxygens (including phenoxy) is 1. The van der Waals surface area contributed by atoms with Gasteiger partial charge in [0.1, 0.15) is 0 Å². The van der Waals surface area contributed by atoms with Crippen LogP contribution in [0, 0.1) is 5.92 Å². The van der Waals surface area contributed by atoms with Crippen molar-refractivity contribution in [3.05, 3.63) is 29.8 Å². The van der Waals surface area contributed by atoms with E-state index in [0.717, 1.165) is 0 Å². The van der Waals surface area contributed by atoms with Crippen molar-refractivity contribution >= 4 is 23.6 Å². The van der Waals surface area contributed by atoms with Crippen molar-refractivity contribution in [1.29, 1.82) is 0 Å². The van der Waals surface area contributed by atoms with E-state index >= 15 is 0 Å². The van der Waals surface area contributed by atoms with Gasteiger partial charge in [0.2, 0.25) is 0 Å². The van der Waals surface area contributed by atoms with E-state index in [-0.39, 0.29) is 36.6 Å². The third kappa shape index (κ3) is 7.69. The fourth-order valence-electron chi connectivity index (χ4n) is 1.95. The minimum Gasteiger partial charge on any atom is -0.463 e. The van der Waals surface area contributed by atoms with Crippen molar-refractivity contribution in [3.63, 3.8) is 0 Å². The maximum absolute atomic E-state index is 12.2. The fourth-order valence-corrected chi connectivity index (χ4v) is 1.95. The Kier molecular flexibility index (Phi) is 7.91. The predicted octanol–water partition coefficient (Wildman–Crippen LogP) is 2.53. The molecule has 1 aromatic rings. The topological polar surface area (TPSA) is 96.5 Å². The number of urea groups is 1. The lowest BCUT2D eigenvalue weighted by atomic mass is 10.1. The Balaban J connectivity index is 2.60. The first-order valence-electron chi connectivity index (χ1n) is 8.35. The van der Waals surface area contributed by atoms with Crippen LogP contribution < -0.4 is 16.0 Å². The zero-order valence-corrected chi connectivity index (χ0v) is 15.4. The summed E-state index contributed by atoms with van der Waals surface area (Å²) in [7, 11) is 0. The van der Waals surface area contributed by atoms with Gasteiger partial charge in [-0.05, 0) is 45.9 Å². The van der Waals surface area contributed by atoms with Crippen molar-refractivity contribution in [1.82, 2.24) is 10.6 Å². The van der Waals surface area contributed by atoms with E-state index in [1.807, 2.05) is 13.8 Å². The van der Waals surface area contributed by atoms with Crippen LogP contribution in [0.25, 0.3) is 0 Å². The summed E-state index contributed by atoms with van der Waals surface area (Å²) in [6, 6.07) is 6.26. The molecule has 0 saturated heterocycles. The number of hydrogen-bond acceptors (Lipinski definition) is 4. The van der Waals surface area contributed by atoms with Crippen LogP contribution in [0.1, 0.15) is 45.0 Å². The highest BCUT2D eigenvalue weighted by Gasteiger charge is 2.17. The Bertz CT molecular complexity index is 614. The molecule has 138 valence electrons. The minimum atomic E-state index is -0.440. The molecule has 3 N–H and O–H groups in total. The van der Waals surface area contributed by atoms with E-state index in [1.165, 1.54) is 0 Å². The molecular formula is C18H27N3O4. The molecule has 0 aliphatic carbocycles. The lowest BCUT2D eigenvalue weighted by molar-refractivity contribution is -0.151. The van der Waals surface area contributed by atoms with Crippen molar-refractivity contribution in [3.8, 4) is 0 Å². The maximum Gasteiger partial charge on any atom is 0.319 e. The number of carbonyl (C=O) groups excluding carboxylic acids is 3. The maximum atomic E-state index is 12.2. The second-order valence-corrected chi connectivity index (χ2v) is 6.43. The van der Waals surface area contributed by atoms with Crippen LogP contribution in [0.3, 0.4) is 0 Å². The monoisotopic (exact) mass is 349 g/mol. The van der Waals surface area contributed by atoms with Crippen molar-refractivity contribution in [2.75, 3.05) is 11.9 Å². The number of amides is 3. The summed E-state index contributed by atoms with van der Waals surface area (Å²) in [6.07, 6.45) is -0.189. The third-order valence-corrected chi connectivity index (χ3v) is 3.13. The van der Waals surface area contributed by atoms with Crippen LogP contribution in [-0.4, -0.2) is 36.6 Å². The van der Waals surface area contributed by atoms with Crippen LogP contribution in [0.2, 0.25) is 0 Å². The van der Waals surface area contributed by atoms with Crippen LogP contribution >= 0.6 is 0 Å². The molecule has 0 saturated carbocycles. The molecular weight excluding hydrogens is 322 g/mol. The van der Waals surface area contributed by atoms with Crippen LogP contribution in [-0.2, 0) is 9.53 Å². The van der Waals surface area contributed by atoms with Gasteiger partial charge in [-0.25, -0.2) is 4.79 Å². The molecule has 0 aromatic heterocycles. The molecule has 0 aliphatic rings. The van der Waals surface area contributed by atoms with Crippen LogP contribution in [0.4, 0.5) is 10.5 Å². The summed E-state index contributed by atoms with van der Waals surface area (Å²) < 4.78 is 5.10. The van der Waals surface area contributed by atoms with Gasteiger partial charge in [0.25, 0.3) is 5.91 Å². The summed E-state index contributed by atoms with van der Waals surface area (Å²) in [4.78, 5) is 35.7. The number of hydrogen-bond donors (Lipinski definition) is 3. The van der Waals surface area contributed by atoms with Gasteiger partial charge in [-0.15, -0.1) is 0 Å². The smallest absolute Gasteiger partial charge is 0.319 e. The van der Waals surface area contributed by atoms with E-state index in [2.05, 4.69) is 16.0 Å². The van der Waals surface area contributed by atoms with E-state index in [9.17, 15) is 14.4 Å². The number of rotatable bonds is 7. The van der Waals surface area contributed by atoms with Crippen LogP contribution in [0.15, 0.2) is 24.3 Å². The van der Waals surface area contributed by atoms with Gasteiger partial charge in [-0.1, -0.05) is 13.0 Å². The molecule has 7 nitrogen and oxygen atoms in total. The summed E-state index contributed by atoms with van der Waals surface area (Å²) in [5, 5.41) is 8.07. The minimum absolute atomic E-state index is 0.0126. The fraction of sp³-hybridized carbons (Fsp3) is 0.500. The van der Waals surface area contributed by atoms with Gasteiger partial charge >= 0.3 is 12.0 Å². The lowest BCUT2D eigenvalue weighted by Gasteiger charge is -2.15. The molecule has 0 spiro atoms. The van der Waals surface area contributed by atoms with E-state index in [4.69, 9.17) is 4.74 Å². The molecule has 0 fully saturated rings. The number of benzene rings is 1. The highest BCUT2D eigenvalue weighted by Crippen LogP contribution is 2.11. The molecule has 0 unspecified atom stereocenters. The first kappa shape index (κ1) is 20.5. The Morgan fingerprint density at radius 2 is 1.76 bits per heavy atom.